The number of aliphatic hydroxyl groups excluding tert-OH is 1. The molecule has 302 valence electrons. The summed E-state index contributed by atoms with van der Waals surface area (Å²) in [5.74, 6) is 0.150. The molecule has 5 nitrogen and oxygen atoms in total. The highest BCUT2D eigenvalue weighted by Gasteiger charge is 2.19. The number of allylic oxidation sites excluding steroid dienone is 1. The number of carbonyl (C=O) groups excluding carboxylic acids is 1. The summed E-state index contributed by atoms with van der Waals surface area (Å²) in [6.45, 7) is 17.3. The molecule has 0 heterocycles. The lowest BCUT2D eigenvalue weighted by Gasteiger charge is -2.26. The summed E-state index contributed by atoms with van der Waals surface area (Å²) in [6.07, 6.45) is 42.4. The number of ether oxygens (including phenoxy) is 1. The van der Waals surface area contributed by atoms with Crippen molar-refractivity contribution in [3.63, 3.8) is 0 Å². The largest absolute Gasteiger partial charge is 0.465 e. The van der Waals surface area contributed by atoms with Crippen LogP contribution in [0.15, 0.2) is 25.1 Å². The van der Waals surface area contributed by atoms with Gasteiger partial charge in [-0.05, 0) is 76.9 Å². The molecule has 0 aliphatic carbocycles. The molecule has 2 unspecified atom stereocenters. The van der Waals surface area contributed by atoms with Crippen LogP contribution in [0.25, 0.3) is 0 Å². The van der Waals surface area contributed by atoms with Crippen molar-refractivity contribution in [2.75, 3.05) is 32.8 Å². The molecule has 0 aliphatic heterocycles. The minimum atomic E-state index is -0.234. The van der Waals surface area contributed by atoms with Gasteiger partial charge in [-0.1, -0.05) is 182 Å². The highest BCUT2D eigenvalue weighted by molar-refractivity contribution is 5.72. The number of esters is 1. The first-order valence-electron chi connectivity index (χ1n) is 22.6. The van der Waals surface area contributed by atoms with E-state index < -0.39 is 0 Å². The maximum Gasteiger partial charge on any atom is 0.308 e. The molecule has 0 amide bonds. The predicted octanol–water partition coefficient (Wildman–Crippen LogP) is 13.6. The molecule has 2 atom stereocenters. The molecule has 0 aromatic rings. The van der Waals surface area contributed by atoms with E-state index in [0.717, 1.165) is 110 Å². The van der Waals surface area contributed by atoms with Crippen LogP contribution < -0.4 is 0 Å². The first kappa shape index (κ1) is 49.7. The van der Waals surface area contributed by atoms with Crippen LogP contribution in [0, 0.1) is 5.92 Å². The molecule has 0 saturated heterocycles. The number of unbranched alkanes of at least 4 members (excludes halogenated alkanes) is 21. The Balaban J connectivity index is 4.56. The lowest BCUT2D eigenvalue weighted by molar-refractivity contribution is -0.149. The van der Waals surface area contributed by atoms with E-state index in [0.29, 0.717) is 6.61 Å². The zero-order chi connectivity index (χ0) is 37.5. The van der Waals surface area contributed by atoms with Crippen LogP contribution in [-0.2, 0) is 9.53 Å². The van der Waals surface area contributed by atoms with Gasteiger partial charge in [0, 0.05) is 13.1 Å². The fraction of sp³-hybridized carbons (Fsp3) is 0.891. The van der Waals surface area contributed by atoms with Gasteiger partial charge in [0.05, 0.1) is 18.6 Å². The van der Waals surface area contributed by atoms with Crippen LogP contribution in [0.1, 0.15) is 220 Å². The van der Waals surface area contributed by atoms with E-state index in [4.69, 9.17) is 4.74 Å². The first-order valence-corrected chi connectivity index (χ1v) is 22.6. The molecule has 0 radical (unpaired) electrons. The van der Waals surface area contributed by atoms with Crippen molar-refractivity contribution < 1.29 is 14.6 Å². The number of hydrogen-bond donors (Lipinski definition) is 1. The van der Waals surface area contributed by atoms with Crippen molar-refractivity contribution >= 4 is 5.97 Å². The van der Waals surface area contributed by atoms with Gasteiger partial charge in [-0.3, -0.25) is 4.79 Å². The monoisotopic (exact) mass is 719 g/mol. The number of hydrogen-bond acceptors (Lipinski definition) is 5. The molecule has 51 heavy (non-hydrogen) atoms. The number of aliphatic hydroxyl groups is 1. The second-order valence-corrected chi connectivity index (χ2v) is 15.5. The molecule has 0 saturated carbocycles. The van der Waals surface area contributed by atoms with Gasteiger partial charge in [0.2, 0.25) is 0 Å². The second kappa shape index (κ2) is 39.9. The molecule has 0 rings (SSSR count). The predicted molar refractivity (Wildman–Crippen MR) is 224 cm³/mol. The average Bonchev–Trinajstić information content (AvgIpc) is 3.13. The van der Waals surface area contributed by atoms with Crippen LogP contribution in [0.4, 0.5) is 0 Å². The van der Waals surface area contributed by atoms with E-state index in [1.54, 1.807) is 0 Å². The summed E-state index contributed by atoms with van der Waals surface area (Å²) in [4.78, 5) is 17.7. The van der Waals surface area contributed by atoms with Gasteiger partial charge < -0.3 is 19.6 Å². The molecule has 0 spiro atoms. The third kappa shape index (κ3) is 34.2. The standard InChI is InChI=1S/C46H90N2O3/c1-6-11-15-18-20-21-22-23-25-30-37-45(49)43-48(41-33-32-39-47(10-5)38-14-9-4)40-31-26-27-34-42-51-46(50)44(35-28-17-13-8-3)36-29-24-19-16-12-7-2/h10,14,38,44-45,49H,5-9,11-13,15-37,39-43H2,1-4H3/b38-14-. The Morgan fingerprint density at radius 2 is 1.02 bits per heavy atom. The van der Waals surface area contributed by atoms with E-state index in [1.807, 2.05) is 6.20 Å². The average molecular weight is 719 g/mol. The normalized spacial score (nSPS) is 12.9. The molecule has 5 heteroatoms. The smallest absolute Gasteiger partial charge is 0.308 e. The van der Waals surface area contributed by atoms with Crippen molar-refractivity contribution in [2.24, 2.45) is 5.92 Å². The molecule has 1 N–H and O–H groups in total. The fourth-order valence-corrected chi connectivity index (χ4v) is 7.10. The Morgan fingerprint density at radius 3 is 1.55 bits per heavy atom. The fourth-order valence-electron chi connectivity index (χ4n) is 7.10. The summed E-state index contributed by atoms with van der Waals surface area (Å²) in [6, 6.07) is 0. The Kier molecular flexibility index (Phi) is 38.8. The van der Waals surface area contributed by atoms with Gasteiger partial charge in [-0.2, -0.15) is 0 Å². The Hall–Kier alpha value is -1.33. The van der Waals surface area contributed by atoms with Crippen LogP contribution in [0.3, 0.4) is 0 Å². The maximum absolute atomic E-state index is 13.0. The Morgan fingerprint density at radius 1 is 0.588 bits per heavy atom. The highest BCUT2D eigenvalue weighted by Crippen LogP contribution is 2.21. The molecular weight excluding hydrogens is 629 g/mol. The number of rotatable bonds is 41. The lowest BCUT2D eigenvalue weighted by atomic mass is 9.94. The number of carbonyl (C=O) groups is 1. The molecular formula is C46H90N2O3. The van der Waals surface area contributed by atoms with Gasteiger partial charge in [-0.25, -0.2) is 0 Å². The maximum atomic E-state index is 13.0. The van der Waals surface area contributed by atoms with Crippen LogP contribution in [0.5, 0.6) is 0 Å². The Bertz CT molecular complexity index is 757. The van der Waals surface area contributed by atoms with Crippen LogP contribution >= 0.6 is 0 Å². The zero-order valence-corrected chi connectivity index (χ0v) is 35.0. The summed E-state index contributed by atoms with van der Waals surface area (Å²) >= 11 is 0. The summed E-state index contributed by atoms with van der Waals surface area (Å²) < 4.78 is 5.85. The van der Waals surface area contributed by atoms with Crippen molar-refractivity contribution in [3.05, 3.63) is 25.1 Å². The van der Waals surface area contributed by atoms with Gasteiger partial charge in [0.1, 0.15) is 0 Å². The van der Waals surface area contributed by atoms with Gasteiger partial charge in [0.25, 0.3) is 0 Å². The highest BCUT2D eigenvalue weighted by atomic mass is 16.5. The van der Waals surface area contributed by atoms with Crippen LogP contribution in [-0.4, -0.2) is 59.8 Å². The molecule has 0 aromatic carbocycles. The first-order chi connectivity index (χ1) is 25.0. The van der Waals surface area contributed by atoms with E-state index in [1.165, 1.54) is 109 Å². The topological polar surface area (TPSA) is 53.0 Å². The third-order valence-electron chi connectivity index (χ3n) is 10.5. The van der Waals surface area contributed by atoms with Crippen LogP contribution in [0.2, 0.25) is 0 Å². The van der Waals surface area contributed by atoms with E-state index in [9.17, 15) is 9.90 Å². The van der Waals surface area contributed by atoms with Crippen molar-refractivity contribution in [1.82, 2.24) is 9.80 Å². The van der Waals surface area contributed by atoms with Crippen molar-refractivity contribution in [3.8, 4) is 0 Å². The summed E-state index contributed by atoms with van der Waals surface area (Å²) in [7, 11) is 0. The zero-order valence-electron chi connectivity index (χ0n) is 35.0. The quantitative estimate of drug-likeness (QED) is 0.0504. The van der Waals surface area contributed by atoms with E-state index in [2.05, 4.69) is 56.3 Å². The summed E-state index contributed by atoms with van der Waals surface area (Å²) in [5.41, 5.74) is 0. The third-order valence-corrected chi connectivity index (χ3v) is 10.5. The minimum absolute atomic E-state index is 0.0582. The minimum Gasteiger partial charge on any atom is -0.465 e. The second-order valence-electron chi connectivity index (χ2n) is 15.5. The molecule has 0 bridgehead atoms. The van der Waals surface area contributed by atoms with E-state index >= 15 is 0 Å². The Labute approximate surface area is 319 Å². The SMILES string of the molecule is C=CN(/C=C\CC)CCCCN(CCCCCCOC(=O)C(CCCCCC)CCCCCCCC)CC(O)CCCCCCCCCCCC. The van der Waals surface area contributed by atoms with E-state index in [-0.39, 0.29) is 18.0 Å². The van der Waals surface area contributed by atoms with Crippen molar-refractivity contribution in [1.29, 1.82) is 0 Å². The number of nitrogens with zero attached hydrogens (tertiary/aromatic N) is 2. The summed E-state index contributed by atoms with van der Waals surface area (Å²) in [5, 5.41) is 11.0. The molecule has 0 aliphatic rings. The molecule has 0 fully saturated rings. The van der Waals surface area contributed by atoms with Gasteiger partial charge in [0.15, 0.2) is 0 Å². The lowest BCUT2D eigenvalue weighted by Crippen LogP contribution is -2.34. The van der Waals surface area contributed by atoms with Gasteiger partial charge >= 0.3 is 5.97 Å². The van der Waals surface area contributed by atoms with Crippen molar-refractivity contribution in [2.45, 2.75) is 226 Å². The van der Waals surface area contributed by atoms with Gasteiger partial charge in [-0.15, -0.1) is 0 Å². The molecule has 0 aromatic heterocycles.